The molecule has 19 nitrogen and oxygen atoms in total. The summed E-state index contributed by atoms with van der Waals surface area (Å²) in [5.74, 6) is -0.460. The van der Waals surface area contributed by atoms with Crippen LogP contribution in [0, 0.1) is 37.4 Å². The van der Waals surface area contributed by atoms with Crippen LogP contribution in [0.3, 0.4) is 0 Å². The van der Waals surface area contributed by atoms with Crippen molar-refractivity contribution in [2.75, 3.05) is 21.7 Å². The van der Waals surface area contributed by atoms with Gasteiger partial charge in [0.1, 0.15) is 17.3 Å². The fourth-order valence-corrected chi connectivity index (χ4v) is 8.65. The molecule has 79 heavy (non-hydrogen) atoms. The average molecular weight is 1180 g/mol. The first kappa shape index (κ1) is 58.9. The number of thiazole rings is 3. The molecule has 0 atom stereocenters. The lowest BCUT2D eigenvalue weighted by molar-refractivity contribution is -0.385. The van der Waals surface area contributed by atoms with Crippen LogP contribution >= 0.6 is 45.6 Å². The zero-order valence-electron chi connectivity index (χ0n) is 38.4. The Kier molecular flexibility index (Phi) is 18.5. The van der Waals surface area contributed by atoms with E-state index in [1.165, 1.54) is 72.8 Å². The highest BCUT2D eigenvalue weighted by Crippen LogP contribution is 2.37. The van der Waals surface area contributed by atoms with Crippen LogP contribution < -0.4 is 31.2 Å². The van der Waals surface area contributed by atoms with Gasteiger partial charge in [0.25, 0.3) is 11.4 Å². The maximum Gasteiger partial charge on any atom is 0.418 e. The fourth-order valence-electron chi connectivity index (χ4n) is 6.00. The van der Waals surface area contributed by atoms with Crippen molar-refractivity contribution in [2.24, 2.45) is 0 Å². The Balaban J connectivity index is 0.000000178. The number of urea groups is 1. The number of anilines is 4. The van der Waals surface area contributed by atoms with Crippen molar-refractivity contribution >= 4 is 126 Å². The van der Waals surface area contributed by atoms with Gasteiger partial charge in [-0.15, -0.1) is 0 Å². The van der Waals surface area contributed by atoms with Gasteiger partial charge < -0.3 is 20.5 Å². The Labute approximate surface area is 449 Å². The molecule has 0 unspecified atom stereocenters. The second kappa shape index (κ2) is 24.8. The second-order valence-corrected chi connectivity index (χ2v) is 18.3. The van der Waals surface area contributed by atoms with Gasteiger partial charge in [0, 0.05) is 41.6 Å². The highest BCUT2D eigenvalue weighted by Gasteiger charge is 2.33. The number of carbonyl (C=O) groups excluding carboxylic acids is 3. The summed E-state index contributed by atoms with van der Waals surface area (Å²) in [5, 5.41) is 37.0. The van der Waals surface area contributed by atoms with Crippen LogP contribution in [0.1, 0.15) is 22.3 Å². The van der Waals surface area contributed by atoms with E-state index in [-0.39, 0.29) is 58.9 Å². The van der Waals surface area contributed by atoms with E-state index in [1.807, 2.05) is 0 Å². The number of carbonyl (C=O) groups is 3. The van der Waals surface area contributed by atoms with Crippen LogP contribution in [0.2, 0.25) is 0 Å². The summed E-state index contributed by atoms with van der Waals surface area (Å²) < 4.78 is 137. The third-order valence-electron chi connectivity index (χ3n) is 9.38. The lowest BCUT2D eigenvalue weighted by Crippen LogP contribution is -2.19. The molecule has 0 aliphatic carbocycles. The number of benzene rings is 6. The Bertz CT molecular complexity index is 3780. The number of nitro benzene ring substituents is 2. The predicted molar refractivity (Wildman–Crippen MR) is 270 cm³/mol. The summed E-state index contributed by atoms with van der Waals surface area (Å²) in [6, 6.07) is 23.6. The van der Waals surface area contributed by atoms with Gasteiger partial charge >= 0.3 is 36.1 Å². The molecule has 3 amide bonds. The van der Waals surface area contributed by atoms with Crippen molar-refractivity contribution in [1.82, 2.24) is 15.0 Å². The molecule has 0 spiro atoms. The molecule has 9 aromatic rings. The van der Waals surface area contributed by atoms with Crippen molar-refractivity contribution in [2.45, 2.75) is 18.5 Å². The first-order valence-corrected chi connectivity index (χ1v) is 23.7. The third kappa shape index (κ3) is 17.1. The lowest BCUT2D eigenvalue weighted by atomic mass is 10.2. The molecule has 408 valence electrons. The number of amides is 3. The molecule has 0 saturated heterocycles. The molecular formula is C46H25ClF10N10O9S3. The molecule has 0 aliphatic rings. The highest BCUT2D eigenvalue weighted by molar-refractivity contribution is 7.23. The summed E-state index contributed by atoms with van der Waals surface area (Å²) in [4.78, 5) is 65.5. The van der Waals surface area contributed by atoms with Crippen LogP contribution in [0.15, 0.2) is 121 Å². The Morgan fingerprint density at radius 2 is 1.00 bits per heavy atom. The number of nitrogens with zero attached hydrogens (tertiary/aromatic N) is 6. The van der Waals surface area contributed by atoms with Crippen LogP contribution in [-0.2, 0) is 18.5 Å². The van der Waals surface area contributed by atoms with Gasteiger partial charge in [0.15, 0.2) is 15.4 Å². The lowest BCUT2D eigenvalue weighted by Gasteiger charge is -2.05. The molecule has 33 heteroatoms. The van der Waals surface area contributed by atoms with E-state index < -0.39 is 68.4 Å². The SMILES string of the molecule is N#Cc1cc(F)cc(NC(=O)Nc2nc3ccc(C(F)(F)F)cc3s2)c1.Nc1nc2ccc(C(F)(F)F)cc2s1.O=C(Cl)Oc1ccc([N+](=O)[O-])cc1.O=C(Nc1nc2ccc(C(F)(F)F)cc2s1)Oc1ccc([N+](=O)[O-])cc1. The maximum absolute atomic E-state index is 13.3. The first-order valence-electron chi connectivity index (χ1n) is 20.9. The van der Waals surface area contributed by atoms with E-state index in [0.29, 0.717) is 21.3 Å². The number of nitrogens with two attached hydrogens (primary N) is 1. The number of halogens is 11. The standard InChI is InChI=1S/C16H8F4N4OS.C15H8F3N3O4S.C8H5F3N2S.C7H4ClNO4/c17-10-3-8(7-21)4-11(6-10)22-14(25)24-15-23-12-2-1-9(16(18,19)20)5-13(12)26-15;16-15(17,18)8-1-6-11-12(7-8)26-13(19-11)20-14(22)25-10-4-2-9(3-5-10)21(23)24;9-8(10,11)4-1-2-5-6(3-4)14-7(12)13-5;8-7(10)13-6-3-1-5(2-4-6)9(11)12/h1-6H,(H2,22,23,24,25);1-7H,(H,19,20,22);1-3H,(H2,12,13);1-4H. The molecule has 0 aliphatic heterocycles. The predicted octanol–water partition coefficient (Wildman–Crippen LogP) is 15.0. The van der Waals surface area contributed by atoms with Crippen LogP contribution in [0.5, 0.6) is 11.5 Å². The summed E-state index contributed by atoms with van der Waals surface area (Å²) in [6.45, 7) is 0. The van der Waals surface area contributed by atoms with Crippen LogP contribution in [0.4, 0.5) is 90.7 Å². The highest BCUT2D eigenvalue weighted by atomic mass is 35.5. The first-order chi connectivity index (χ1) is 37.0. The number of nitriles is 1. The van der Waals surface area contributed by atoms with Crippen LogP contribution in [0.25, 0.3) is 30.6 Å². The minimum absolute atomic E-state index is 0.0277. The van der Waals surface area contributed by atoms with Gasteiger partial charge in [0.05, 0.1) is 68.8 Å². The van der Waals surface area contributed by atoms with E-state index in [0.717, 1.165) is 82.5 Å². The van der Waals surface area contributed by atoms with Gasteiger partial charge in [-0.1, -0.05) is 34.0 Å². The molecule has 0 saturated carbocycles. The number of fused-ring (bicyclic) bond motifs is 3. The van der Waals surface area contributed by atoms with Gasteiger partial charge in [-0.2, -0.15) is 44.8 Å². The number of non-ortho nitro benzene ring substituents is 2. The van der Waals surface area contributed by atoms with E-state index in [9.17, 15) is 78.5 Å². The monoisotopic (exact) mass is 1180 g/mol. The topological polar surface area (TPSA) is 281 Å². The third-order valence-corrected chi connectivity index (χ3v) is 12.2. The molecular weight excluding hydrogens is 1160 g/mol. The molecule has 6 aromatic carbocycles. The second-order valence-electron chi connectivity index (χ2n) is 14.9. The minimum Gasteiger partial charge on any atom is -0.414 e. The van der Waals surface area contributed by atoms with E-state index in [1.54, 1.807) is 6.07 Å². The van der Waals surface area contributed by atoms with Gasteiger partial charge in [-0.05, 0) is 97.1 Å². The summed E-state index contributed by atoms with van der Waals surface area (Å²) >= 11 is 7.70. The molecule has 9 rings (SSSR count). The molecule has 3 heterocycles. The summed E-state index contributed by atoms with van der Waals surface area (Å²) in [6.07, 6.45) is -14.2. The van der Waals surface area contributed by atoms with E-state index >= 15 is 0 Å². The molecule has 0 bridgehead atoms. The van der Waals surface area contributed by atoms with Crippen molar-refractivity contribution in [3.63, 3.8) is 0 Å². The normalized spacial score (nSPS) is 11.1. The van der Waals surface area contributed by atoms with Gasteiger partial charge in [0.2, 0.25) is 0 Å². The minimum atomic E-state index is -4.47. The number of nitro groups is 2. The quantitative estimate of drug-likeness (QED) is 0.0500. The van der Waals surface area contributed by atoms with Crippen LogP contribution in [-0.4, -0.2) is 42.4 Å². The number of nitrogen functional groups attached to an aromatic ring is 1. The molecule has 0 fully saturated rings. The van der Waals surface area contributed by atoms with Crippen molar-refractivity contribution < 1.29 is 77.6 Å². The summed E-state index contributed by atoms with van der Waals surface area (Å²) in [5.41, 5.74) is 3.05. The Hall–Kier alpha value is -9.32. The fraction of sp³-hybridized carbons (Fsp3) is 0.0652. The molecule has 3 aromatic heterocycles. The van der Waals surface area contributed by atoms with Crippen molar-refractivity contribution in [3.8, 4) is 17.6 Å². The number of ether oxygens (including phenoxy) is 2. The number of alkyl halides is 9. The maximum atomic E-state index is 13.3. The van der Waals surface area contributed by atoms with Crippen molar-refractivity contribution in [3.05, 3.63) is 170 Å². The number of nitrogens with one attached hydrogen (secondary N) is 3. The number of aromatic nitrogens is 3. The Morgan fingerprint density at radius 1 is 0.582 bits per heavy atom. The Morgan fingerprint density at radius 3 is 1.42 bits per heavy atom. The van der Waals surface area contributed by atoms with Crippen molar-refractivity contribution in [1.29, 1.82) is 5.26 Å². The largest absolute Gasteiger partial charge is 0.418 e. The van der Waals surface area contributed by atoms with Gasteiger partial charge in [-0.3, -0.25) is 30.9 Å². The van der Waals surface area contributed by atoms with Gasteiger partial charge in [-0.25, -0.2) is 33.7 Å². The molecule has 0 radical (unpaired) electrons. The number of rotatable bonds is 7. The smallest absolute Gasteiger partial charge is 0.414 e. The molecule has 5 N–H and O–H groups in total. The van der Waals surface area contributed by atoms with E-state index in [2.05, 4.69) is 35.6 Å². The zero-order valence-corrected chi connectivity index (χ0v) is 41.6. The number of hydrogen-bond acceptors (Lipinski definition) is 17. The number of hydrogen-bond donors (Lipinski definition) is 4. The summed E-state index contributed by atoms with van der Waals surface area (Å²) in [7, 11) is 0. The van der Waals surface area contributed by atoms with E-state index in [4.69, 9.17) is 27.3 Å². The average Bonchev–Trinajstić information content (AvgIpc) is 4.11. The zero-order chi connectivity index (χ0) is 58.0.